The van der Waals surface area contributed by atoms with Gasteiger partial charge < -0.3 is 10.4 Å². The zero-order chi connectivity index (χ0) is 14.4. The van der Waals surface area contributed by atoms with E-state index in [0.717, 1.165) is 4.90 Å². The molecule has 1 aromatic carbocycles. The molecule has 1 aromatic rings. The fraction of sp³-hybridized carbons (Fsp3) is 0.417. The minimum atomic E-state index is -0.575. The van der Waals surface area contributed by atoms with Crippen molar-refractivity contribution in [3.63, 3.8) is 0 Å². The minimum Gasteiger partial charge on any atom is -0.396 e. The van der Waals surface area contributed by atoms with E-state index in [-0.39, 0.29) is 30.3 Å². The molecule has 0 radical (unpaired) electrons. The fourth-order valence-corrected chi connectivity index (χ4v) is 1.85. The number of carbonyl (C=O) groups is 1. The van der Waals surface area contributed by atoms with Crippen LogP contribution >= 0.6 is 11.8 Å². The summed E-state index contributed by atoms with van der Waals surface area (Å²) in [5.41, 5.74) is -0.172. The van der Waals surface area contributed by atoms with Crippen molar-refractivity contribution in [2.75, 3.05) is 19.4 Å². The van der Waals surface area contributed by atoms with Gasteiger partial charge in [0.05, 0.1) is 4.92 Å². The van der Waals surface area contributed by atoms with Crippen molar-refractivity contribution in [3.05, 3.63) is 33.9 Å². The summed E-state index contributed by atoms with van der Waals surface area (Å²) < 4.78 is 0. The molecule has 6 nitrogen and oxygen atoms in total. The molecular weight excluding hydrogens is 268 g/mol. The lowest BCUT2D eigenvalue weighted by Crippen LogP contribution is -2.30. The Balaban J connectivity index is 2.95. The Bertz CT molecular complexity index is 479. The third kappa shape index (κ3) is 4.22. The lowest BCUT2D eigenvalue weighted by molar-refractivity contribution is -0.385. The maximum Gasteiger partial charge on any atom is 0.282 e. The number of aliphatic hydroxyl groups is 1. The second-order valence-electron chi connectivity index (χ2n) is 4.14. The average Bonchev–Trinajstić information content (AvgIpc) is 2.43. The highest BCUT2D eigenvalue weighted by molar-refractivity contribution is 7.98. The highest BCUT2D eigenvalue weighted by atomic mass is 32.2. The van der Waals surface area contributed by atoms with Crippen LogP contribution in [-0.4, -0.2) is 35.3 Å². The van der Waals surface area contributed by atoms with Crippen molar-refractivity contribution in [1.82, 2.24) is 5.32 Å². The molecule has 19 heavy (non-hydrogen) atoms. The maximum atomic E-state index is 12.0. The minimum absolute atomic E-state index is 0.0435. The molecule has 104 valence electrons. The van der Waals surface area contributed by atoms with Crippen LogP contribution in [0.1, 0.15) is 17.3 Å². The SMILES string of the molecule is CSc1ccc([N+](=O)[O-])c(C(=O)NCC(C)CO)c1. The fourth-order valence-electron chi connectivity index (χ4n) is 1.41. The Morgan fingerprint density at radius 2 is 2.26 bits per heavy atom. The standard InChI is InChI=1S/C12H16N2O4S/c1-8(7-15)6-13-12(16)10-5-9(19-2)3-4-11(10)14(17)18/h3-5,8,15H,6-7H2,1-2H3,(H,13,16). The van der Waals surface area contributed by atoms with Crippen LogP contribution in [0.4, 0.5) is 5.69 Å². The first-order valence-electron chi connectivity index (χ1n) is 5.71. The number of nitrogens with one attached hydrogen (secondary N) is 1. The monoisotopic (exact) mass is 284 g/mol. The van der Waals surface area contributed by atoms with Crippen LogP contribution in [0.25, 0.3) is 0 Å². The predicted molar refractivity (Wildman–Crippen MR) is 73.5 cm³/mol. The number of hydrogen-bond donors (Lipinski definition) is 2. The maximum absolute atomic E-state index is 12.0. The van der Waals surface area contributed by atoms with E-state index in [1.165, 1.54) is 23.9 Å². The van der Waals surface area contributed by atoms with Gasteiger partial charge in [0.25, 0.3) is 11.6 Å². The summed E-state index contributed by atoms with van der Waals surface area (Å²) >= 11 is 1.41. The highest BCUT2D eigenvalue weighted by Gasteiger charge is 2.20. The molecule has 1 amide bonds. The van der Waals surface area contributed by atoms with Crippen LogP contribution in [0.3, 0.4) is 0 Å². The van der Waals surface area contributed by atoms with E-state index in [9.17, 15) is 14.9 Å². The Morgan fingerprint density at radius 1 is 1.58 bits per heavy atom. The van der Waals surface area contributed by atoms with E-state index in [1.54, 1.807) is 13.0 Å². The predicted octanol–water partition coefficient (Wildman–Crippen LogP) is 1.67. The van der Waals surface area contributed by atoms with Crippen molar-refractivity contribution < 1.29 is 14.8 Å². The number of benzene rings is 1. The Kier molecular flexibility index (Phi) is 5.78. The van der Waals surface area contributed by atoms with Gasteiger partial charge in [0.15, 0.2) is 0 Å². The molecule has 0 aliphatic rings. The highest BCUT2D eigenvalue weighted by Crippen LogP contribution is 2.24. The van der Waals surface area contributed by atoms with Gasteiger partial charge in [-0.1, -0.05) is 6.92 Å². The molecule has 7 heteroatoms. The molecule has 0 aliphatic heterocycles. The van der Waals surface area contributed by atoms with E-state index in [4.69, 9.17) is 5.11 Å². The van der Waals surface area contributed by atoms with Gasteiger partial charge in [0.1, 0.15) is 5.56 Å². The van der Waals surface area contributed by atoms with Crippen molar-refractivity contribution in [1.29, 1.82) is 0 Å². The molecule has 1 atom stereocenters. The summed E-state index contributed by atoms with van der Waals surface area (Å²) in [6, 6.07) is 4.44. The number of hydrogen-bond acceptors (Lipinski definition) is 5. The zero-order valence-electron chi connectivity index (χ0n) is 10.8. The zero-order valence-corrected chi connectivity index (χ0v) is 11.6. The molecule has 0 heterocycles. The van der Waals surface area contributed by atoms with Crippen molar-refractivity contribution >= 4 is 23.4 Å². The van der Waals surface area contributed by atoms with E-state index >= 15 is 0 Å². The smallest absolute Gasteiger partial charge is 0.282 e. The van der Waals surface area contributed by atoms with Crippen LogP contribution < -0.4 is 5.32 Å². The van der Waals surface area contributed by atoms with Crippen LogP contribution in [0.15, 0.2) is 23.1 Å². The first-order chi connectivity index (χ1) is 8.99. The summed E-state index contributed by atoms with van der Waals surface area (Å²) in [7, 11) is 0. The molecule has 1 rings (SSSR count). The van der Waals surface area contributed by atoms with Crippen LogP contribution in [-0.2, 0) is 0 Å². The van der Waals surface area contributed by atoms with E-state index < -0.39 is 10.8 Å². The van der Waals surface area contributed by atoms with Crippen LogP contribution in [0.2, 0.25) is 0 Å². The van der Waals surface area contributed by atoms with E-state index in [0.29, 0.717) is 0 Å². The number of aliphatic hydroxyl groups excluding tert-OH is 1. The number of nitro groups is 1. The molecule has 0 saturated carbocycles. The molecule has 0 bridgehead atoms. The quantitative estimate of drug-likeness (QED) is 0.471. The number of nitro benzene ring substituents is 1. The van der Waals surface area contributed by atoms with Gasteiger partial charge in [-0.25, -0.2) is 0 Å². The van der Waals surface area contributed by atoms with E-state index in [1.807, 2.05) is 6.26 Å². The summed E-state index contributed by atoms with van der Waals surface area (Å²) in [6.07, 6.45) is 1.83. The average molecular weight is 284 g/mol. The summed E-state index contributed by atoms with van der Waals surface area (Å²) in [6.45, 7) is 2.00. The summed E-state index contributed by atoms with van der Waals surface area (Å²) in [4.78, 5) is 23.1. The Morgan fingerprint density at radius 3 is 2.79 bits per heavy atom. The molecule has 0 saturated heterocycles. The molecule has 2 N–H and O–H groups in total. The van der Waals surface area contributed by atoms with Gasteiger partial charge in [-0.3, -0.25) is 14.9 Å². The summed E-state index contributed by atoms with van der Waals surface area (Å²) in [5, 5.41) is 22.4. The van der Waals surface area contributed by atoms with Gasteiger partial charge in [-0.05, 0) is 24.3 Å². The lowest BCUT2D eigenvalue weighted by Gasteiger charge is -2.10. The number of rotatable bonds is 6. The molecule has 0 spiro atoms. The van der Waals surface area contributed by atoms with Gasteiger partial charge in [0, 0.05) is 24.1 Å². The van der Waals surface area contributed by atoms with Gasteiger partial charge in [-0.15, -0.1) is 11.8 Å². The molecular formula is C12H16N2O4S. The molecule has 1 unspecified atom stereocenters. The van der Waals surface area contributed by atoms with Crippen molar-refractivity contribution in [2.24, 2.45) is 5.92 Å². The number of amides is 1. The third-order valence-corrected chi connectivity index (χ3v) is 3.29. The molecule has 0 aliphatic carbocycles. The van der Waals surface area contributed by atoms with Crippen LogP contribution in [0, 0.1) is 16.0 Å². The number of thioether (sulfide) groups is 1. The molecule has 0 fully saturated rings. The molecule has 0 aromatic heterocycles. The van der Waals surface area contributed by atoms with Gasteiger partial charge >= 0.3 is 0 Å². The summed E-state index contributed by atoms with van der Waals surface area (Å²) in [5.74, 6) is -0.588. The normalized spacial score (nSPS) is 11.9. The van der Waals surface area contributed by atoms with E-state index in [2.05, 4.69) is 5.32 Å². The Labute approximate surface area is 115 Å². The topological polar surface area (TPSA) is 92.5 Å². The number of carbonyl (C=O) groups excluding carboxylic acids is 1. The van der Waals surface area contributed by atoms with Gasteiger partial charge in [-0.2, -0.15) is 0 Å². The first kappa shape index (κ1) is 15.5. The first-order valence-corrected chi connectivity index (χ1v) is 6.93. The van der Waals surface area contributed by atoms with Crippen molar-refractivity contribution in [2.45, 2.75) is 11.8 Å². The second-order valence-corrected chi connectivity index (χ2v) is 5.02. The lowest BCUT2D eigenvalue weighted by atomic mass is 10.1. The van der Waals surface area contributed by atoms with Crippen LogP contribution in [0.5, 0.6) is 0 Å². The van der Waals surface area contributed by atoms with Gasteiger partial charge in [0.2, 0.25) is 0 Å². The second kappa shape index (κ2) is 7.10. The Hall–Kier alpha value is -1.60. The third-order valence-electron chi connectivity index (χ3n) is 2.57. The number of nitrogens with zero attached hydrogens (tertiary/aromatic N) is 1. The largest absolute Gasteiger partial charge is 0.396 e. The van der Waals surface area contributed by atoms with Crippen molar-refractivity contribution in [3.8, 4) is 0 Å².